The lowest BCUT2D eigenvalue weighted by molar-refractivity contribution is -0.217. The van der Waals surface area contributed by atoms with Crippen molar-refractivity contribution in [2.45, 2.75) is 44.2 Å². The number of aliphatic hydroxyl groups excluding tert-OH is 1. The van der Waals surface area contributed by atoms with E-state index in [1.54, 1.807) is 0 Å². The van der Waals surface area contributed by atoms with Crippen LogP contribution in [0.3, 0.4) is 0 Å². The number of hydrogen-bond acceptors (Lipinski definition) is 6. The van der Waals surface area contributed by atoms with Gasteiger partial charge in [-0.2, -0.15) is 0 Å². The first-order valence-corrected chi connectivity index (χ1v) is 6.54. The van der Waals surface area contributed by atoms with Gasteiger partial charge in [0.15, 0.2) is 12.1 Å². The molecule has 0 unspecified atom stereocenters. The number of fused-ring (bicyclic) bond motifs is 1. The standard InChI is InChI=1S/C12H21NO5/c1-12(2)17-10-9(14)8(16-11(10)18-12)7-13-3-5-15-6-4-13/h8-11,14H,3-7H2,1-2H3/t8-,9+,10+,11+/m1/s1. The predicted octanol–water partition coefficient (Wildman–Crippen LogP) is -0.444. The van der Waals surface area contributed by atoms with E-state index < -0.39 is 18.2 Å². The molecule has 3 heterocycles. The molecule has 6 nitrogen and oxygen atoms in total. The van der Waals surface area contributed by atoms with Crippen molar-refractivity contribution in [3.05, 3.63) is 0 Å². The smallest absolute Gasteiger partial charge is 0.190 e. The van der Waals surface area contributed by atoms with Crippen molar-refractivity contribution in [3.63, 3.8) is 0 Å². The molecular weight excluding hydrogens is 238 g/mol. The number of rotatable bonds is 2. The maximum Gasteiger partial charge on any atom is 0.190 e. The van der Waals surface area contributed by atoms with Crippen molar-refractivity contribution in [3.8, 4) is 0 Å². The Bertz CT molecular complexity index is 305. The third kappa shape index (κ3) is 2.41. The highest BCUT2D eigenvalue weighted by molar-refractivity contribution is 4.94. The van der Waals surface area contributed by atoms with E-state index >= 15 is 0 Å². The van der Waals surface area contributed by atoms with Gasteiger partial charge in [-0.1, -0.05) is 0 Å². The topological polar surface area (TPSA) is 60.4 Å². The third-order valence-electron chi connectivity index (χ3n) is 3.66. The molecule has 0 radical (unpaired) electrons. The van der Waals surface area contributed by atoms with Crippen LogP contribution in [0.25, 0.3) is 0 Å². The highest BCUT2D eigenvalue weighted by Crippen LogP contribution is 2.37. The molecular formula is C12H21NO5. The van der Waals surface area contributed by atoms with Crippen molar-refractivity contribution in [2.24, 2.45) is 0 Å². The molecule has 3 rings (SSSR count). The molecule has 104 valence electrons. The van der Waals surface area contributed by atoms with Gasteiger partial charge in [-0.15, -0.1) is 0 Å². The van der Waals surface area contributed by atoms with Crippen LogP contribution in [-0.2, 0) is 18.9 Å². The van der Waals surface area contributed by atoms with Gasteiger partial charge in [0.1, 0.15) is 18.3 Å². The highest BCUT2D eigenvalue weighted by Gasteiger charge is 2.54. The van der Waals surface area contributed by atoms with Gasteiger partial charge >= 0.3 is 0 Å². The summed E-state index contributed by atoms with van der Waals surface area (Å²) >= 11 is 0. The Morgan fingerprint density at radius 1 is 1.22 bits per heavy atom. The molecule has 0 aromatic rings. The first-order chi connectivity index (χ1) is 8.55. The summed E-state index contributed by atoms with van der Waals surface area (Å²) in [7, 11) is 0. The summed E-state index contributed by atoms with van der Waals surface area (Å²) in [5.74, 6) is -0.666. The van der Waals surface area contributed by atoms with E-state index in [0.717, 1.165) is 26.3 Å². The fourth-order valence-electron chi connectivity index (χ4n) is 2.75. The molecule has 4 atom stereocenters. The lowest BCUT2D eigenvalue weighted by Crippen LogP contribution is -2.45. The second-order valence-electron chi connectivity index (χ2n) is 5.55. The van der Waals surface area contributed by atoms with Crippen LogP contribution >= 0.6 is 0 Å². The number of morpholine rings is 1. The maximum absolute atomic E-state index is 10.2. The van der Waals surface area contributed by atoms with Gasteiger partial charge in [0.2, 0.25) is 0 Å². The minimum atomic E-state index is -0.666. The van der Waals surface area contributed by atoms with Crippen LogP contribution < -0.4 is 0 Å². The van der Waals surface area contributed by atoms with Gasteiger partial charge in [0, 0.05) is 19.6 Å². The predicted molar refractivity (Wildman–Crippen MR) is 62.0 cm³/mol. The Morgan fingerprint density at radius 3 is 2.61 bits per heavy atom. The molecule has 0 spiro atoms. The molecule has 3 saturated heterocycles. The first-order valence-electron chi connectivity index (χ1n) is 6.54. The molecule has 0 aromatic carbocycles. The quantitative estimate of drug-likeness (QED) is 0.725. The Morgan fingerprint density at radius 2 is 1.94 bits per heavy atom. The Balaban J connectivity index is 1.57. The minimum absolute atomic E-state index is 0.241. The number of hydrogen-bond donors (Lipinski definition) is 1. The lowest BCUT2D eigenvalue weighted by atomic mass is 10.1. The molecule has 6 heteroatoms. The molecule has 1 N–H and O–H groups in total. The van der Waals surface area contributed by atoms with Gasteiger partial charge in [0.25, 0.3) is 0 Å². The first kappa shape index (κ1) is 12.8. The van der Waals surface area contributed by atoms with Crippen LogP contribution in [0.1, 0.15) is 13.8 Å². The van der Waals surface area contributed by atoms with E-state index in [9.17, 15) is 5.11 Å². The van der Waals surface area contributed by atoms with Crippen molar-refractivity contribution in [1.82, 2.24) is 4.90 Å². The van der Waals surface area contributed by atoms with Gasteiger partial charge in [-0.25, -0.2) is 0 Å². The zero-order chi connectivity index (χ0) is 12.8. The normalized spacial score (nSPS) is 44.2. The Kier molecular flexibility index (Phi) is 3.34. The molecule has 3 aliphatic heterocycles. The van der Waals surface area contributed by atoms with E-state index in [2.05, 4.69) is 4.90 Å². The summed E-state index contributed by atoms with van der Waals surface area (Å²) < 4.78 is 22.3. The number of nitrogens with zero attached hydrogens (tertiary/aromatic N) is 1. The van der Waals surface area contributed by atoms with Gasteiger partial charge in [0.05, 0.1) is 13.2 Å². The third-order valence-corrected chi connectivity index (χ3v) is 3.66. The van der Waals surface area contributed by atoms with Gasteiger partial charge in [-0.3, -0.25) is 4.90 Å². The summed E-state index contributed by atoms with van der Waals surface area (Å²) in [5.41, 5.74) is 0. The van der Waals surface area contributed by atoms with Crippen molar-refractivity contribution < 1.29 is 24.1 Å². The summed E-state index contributed by atoms with van der Waals surface area (Å²) in [6.45, 7) is 7.62. The summed E-state index contributed by atoms with van der Waals surface area (Å²) in [6, 6.07) is 0. The van der Waals surface area contributed by atoms with E-state index in [1.165, 1.54) is 0 Å². The molecule has 18 heavy (non-hydrogen) atoms. The zero-order valence-electron chi connectivity index (χ0n) is 10.9. The Labute approximate surface area is 107 Å². The second kappa shape index (κ2) is 4.70. The van der Waals surface area contributed by atoms with E-state index in [1.807, 2.05) is 13.8 Å². The average molecular weight is 259 g/mol. The van der Waals surface area contributed by atoms with E-state index in [-0.39, 0.29) is 12.2 Å². The molecule has 3 aliphatic rings. The van der Waals surface area contributed by atoms with E-state index in [0.29, 0.717) is 6.54 Å². The van der Waals surface area contributed by atoms with Crippen molar-refractivity contribution in [1.29, 1.82) is 0 Å². The van der Waals surface area contributed by atoms with Gasteiger partial charge in [-0.05, 0) is 13.8 Å². The SMILES string of the molecule is CC1(C)O[C@@H]2O[C@H](CN3CCOCC3)[C@H](O)[C@@H]2O1. The van der Waals surface area contributed by atoms with Crippen LogP contribution in [0, 0.1) is 0 Å². The van der Waals surface area contributed by atoms with E-state index in [4.69, 9.17) is 18.9 Å². The largest absolute Gasteiger partial charge is 0.387 e. The Hall–Kier alpha value is -0.240. The molecule has 0 bridgehead atoms. The lowest BCUT2D eigenvalue weighted by Gasteiger charge is -2.30. The van der Waals surface area contributed by atoms with Crippen LogP contribution in [0.5, 0.6) is 0 Å². The van der Waals surface area contributed by atoms with Crippen LogP contribution in [0.2, 0.25) is 0 Å². The molecule has 0 saturated carbocycles. The summed E-state index contributed by atoms with van der Waals surface area (Å²) in [5, 5.41) is 10.2. The monoisotopic (exact) mass is 259 g/mol. The number of ether oxygens (including phenoxy) is 4. The van der Waals surface area contributed by atoms with Gasteiger partial charge < -0.3 is 24.1 Å². The average Bonchev–Trinajstić information content (AvgIpc) is 2.76. The van der Waals surface area contributed by atoms with Crippen molar-refractivity contribution in [2.75, 3.05) is 32.8 Å². The zero-order valence-corrected chi connectivity index (χ0v) is 10.9. The van der Waals surface area contributed by atoms with Crippen molar-refractivity contribution >= 4 is 0 Å². The fraction of sp³-hybridized carbons (Fsp3) is 1.00. The maximum atomic E-state index is 10.2. The molecule has 0 amide bonds. The molecule has 0 aliphatic carbocycles. The summed E-state index contributed by atoms with van der Waals surface area (Å²) in [6.07, 6.45) is -1.68. The molecule has 3 fully saturated rings. The van der Waals surface area contributed by atoms with Crippen LogP contribution in [-0.4, -0.2) is 73.2 Å². The van der Waals surface area contributed by atoms with Crippen LogP contribution in [0.4, 0.5) is 0 Å². The molecule has 0 aromatic heterocycles. The second-order valence-corrected chi connectivity index (χ2v) is 5.55. The summed E-state index contributed by atoms with van der Waals surface area (Å²) in [4.78, 5) is 2.24. The fourth-order valence-corrected chi connectivity index (χ4v) is 2.75. The minimum Gasteiger partial charge on any atom is -0.387 e. The number of aliphatic hydroxyl groups is 1. The highest BCUT2D eigenvalue weighted by atomic mass is 16.8. The van der Waals surface area contributed by atoms with Crippen LogP contribution in [0.15, 0.2) is 0 Å².